The molecular weight excluding hydrogens is 308 g/mol. The first kappa shape index (κ1) is 18.3. The summed E-state index contributed by atoms with van der Waals surface area (Å²) in [4.78, 5) is 14.8. The van der Waals surface area contributed by atoms with Gasteiger partial charge in [0.1, 0.15) is 0 Å². The lowest BCUT2D eigenvalue weighted by Crippen LogP contribution is -2.49. The number of nitrogens with zero attached hydrogens (tertiary/aromatic N) is 1. The second-order valence-electron chi connectivity index (χ2n) is 7.19. The first-order valence-electron chi connectivity index (χ1n) is 8.73. The van der Waals surface area contributed by atoms with Crippen LogP contribution in [-0.2, 0) is 17.6 Å². The molecule has 1 aromatic carbocycles. The average molecular weight is 337 g/mol. The highest BCUT2D eigenvalue weighted by molar-refractivity contribution is 5.85. The van der Waals surface area contributed by atoms with Crippen molar-refractivity contribution in [2.45, 2.75) is 51.5 Å². The first-order chi connectivity index (χ1) is 10.7. The maximum Gasteiger partial charge on any atom is 0.223 e. The van der Waals surface area contributed by atoms with E-state index < -0.39 is 0 Å². The van der Waals surface area contributed by atoms with Gasteiger partial charge in [-0.05, 0) is 55.1 Å². The molecule has 0 saturated carbocycles. The molecule has 1 fully saturated rings. The van der Waals surface area contributed by atoms with E-state index in [0.717, 1.165) is 38.6 Å². The van der Waals surface area contributed by atoms with E-state index in [1.807, 2.05) is 0 Å². The molecule has 1 aliphatic carbocycles. The molecular formula is C19H29ClN2O. The number of rotatable bonds is 3. The van der Waals surface area contributed by atoms with E-state index in [-0.39, 0.29) is 18.4 Å². The third-order valence-corrected chi connectivity index (χ3v) is 5.48. The average Bonchev–Trinajstić information content (AvgIpc) is 2.54. The van der Waals surface area contributed by atoms with Crippen LogP contribution in [0.25, 0.3) is 0 Å². The highest BCUT2D eigenvalue weighted by atomic mass is 35.5. The maximum atomic E-state index is 12.7. The van der Waals surface area contributed by atoms with Crippen LogP contribution >= 0.6 is 12.4 Å². The molecule has 1 amide bonds. The predicted octanol–water partition coefficient (Wildman–Crippen LogP) is 3.19. The summed E-state index contributed by atoms with van der Waals surface area (Å²) in [6, 6.07) is 8.93. The molecule has 0 bridgehead atoms. The van der Waals surface area contributed by atoms with E-state index in [1.165, 1.54) is 11.1 Å². The Morgan fingerprint density at radius 2 is 2.00 bits per heavy atom. The number of hydrogen-bond acceptors (Lipinski definition) is 2. The monoisotopic (exact) mass is 336 g/mol. The van der Waals surface area contributed by atoms with Gasteiger partial charge in [-0.15, -0.1) is 12.4 Å². The number of hydrogen-bond donors (Lipinski definition) is 1. The lowest BCUT2D eigenvalue weighted by Gasteiger charge is -2.39. The fourth-order valence-electron chi connectivity index (χ4n) is 4.12. The molecule has 23 heavy (non-hydrogen) atoms. The summed E-state index contributed by atoms with van der Waals surface area (Å²) < 4.78 is 0. The maximum absolute atomic E-state index is 12.7. The SMILES string of the molecule is CC1CCN(C(=O)CC2CCc3ccccc3C2)C(CN)C1.Cl. The number of piperidine rings is 1. The van der Waals surface area contributed by atoms with Crippen LogP contribution in [0, 0.1) is 11.8 Å². The van der Waals surface area contributed by atoms with Gasteiger partial charge in [0, 0.05) is 25.6 Å². The smallest absolute Gasteiger partial charge is 0.223 e. The van der Waals surface area contributed by atoms with Crippen LogP contribution in [0.15, 0.2) is 24.3 Å². The number of aryl methyl sites for hydroxylation is 1. The Bertz CT molecular complexity index is 534. The minimum atomic E-state index is 0. The summed E-state index contributed by atoms with van der Waals surface area (Å²) in [5.41, 5.74) is 8.81. The van der Waals surface area contributed by atoms with Crippen molar-refractivity contribution in [3.05, 3.63) is 35.4 Å². The Kier molecular flexibility index (Phi) is 6.49. The first-order valence-corrected chi connectivity index (χ1v) is 8.73. The molecule has 0 spiro atoms. The van der Waals surface area contributed by atoms with Crippen molar-refractivity contribution in [3.8, 4) is 0 Å². The number of carbonyl (C=O) groups is 1. The standard InChI is InChI=1S/C19H28N2O.ClH/c1-14-8-9-21(18(10-14)13-20)19(22)12-15-6-7-16-4-2-3-5-17(16)11-15;/h2-5,14-15,18H,6-13,20H2,1H3;1H. The van der Waals surface area contributed by atoms with Crippen LogP contribution < -0.4 is 5.73 Å². The molecule has 4 heteroatoms. The third kappa shape index (κ3) is 4.27. The second kappa shape index (κ2) is 8.16. The molecule has 0 radical (unpaired) electrons. The van der Waals surface area contributed by atoms with Crippen molar-refractivity contribution in [1.29, 1.82) is 0 Å². The molecule has 2 N–H and O–H groups in total. The minimum Gasteiger partial charge on any atom is -0.338 e. The predicted molar refractivity (Wildman–Crippen MR) is 96.8 cm³/mol. The van der Waals surface area contributed by atoms with Gasteiger partial charge in [-0.1, -0.05) is 31.2 Å². The van der Waals surface area contributed by atoms with Crippen molar-refractivity contribution in [3.63, 3.8) is 0 Å². The zero-order valence-corrected chi connectivity index (χ0v) is 14.9. The lowest BCUT2D eigenvalue weighted by atomic mass is 9.81. The van der Waals surface area contributed by atoms with E-state index in [1.54, 1.807) is 0 Å². The van der Waals surface area contributed by atoms with Crippen molar-refractivity contribution in [2.24, 2.45) is 17.6 Å². The molecule has 128 valence electrons. The quantitative estimate of drug-likeness (QED) is 0.921. The molecule has 3 nitrogen and oxygen atoms in total. The zero-order valence-electron chi connectivity index (χ0n) is 14.0. The summed E-state index contributed by atoms with van der Waals surface area (Å²) in [6.07, 6.45) is 6.19. The van der Waals surface area contributed by atoms with Gasteiger partial charge in [-0.3, -0.25) is 4.79 Å². The fourth-order valence-corrected chi connectivity index (χ4v) is 4.12. The van der Waals surface area contributed by atoms with E-state index in [9.17, 15) is 4.79 Å². The number of carbonyl (C=O) groups excluding carboxylic acids is 1. The third-order valence-electron chi connectivity index (χ3n) is 5.48. The number of nitrogens with two attached hydrogens (primary N) is 1. The summed E-state index contributed by atoms with van der Waals surface area (Å²) >= 11 is 0. The molecule has 3 atom stereocenters. The topological polar surface area (TPSA) is 46.3 Å². The van der Waals surface area contributed by atoms with Crippen LogP contribution in [-0.4, -0.2) is 29.9 Å². The molecule has 1 saturated heterocycles. The van der Waals surface area contributed by atoms with Gasteiger partial charge in [0.25, 0.3) is 0 Å². The number of halogens is 1. The van der Waals surface area contributed by atoms with Crippen LogP contribution in [0.4, 0.5) is 0 Å². The molecule has 1 aliphatic heterocycles. The Hall–Kier alpha value is -1.06. The lowest BCUT2D eigenvalue weighted by molar-refractivity contribution is -0.136. The molecule has 0 aromatic heterocycles. The molecule has 2 aliphatic rings. The van der Waals surface area contributed by atoms with Gasteiger partial charge in [0.05, 0.1) is 0 Å². The van der Waals surface area contributed by atoms with E-state index in [2.05, 4.69) is 36.1 Å². The van der Waals surface area contributed by atoms with Crippen molar-refractivity contribution >= 4 is 18.3 Å². The van der Waals surface area contributed by atoms with Crippen molar-refractivity contribution in [1.82, 2.24) is 4.90 Å². The van der Waals surface area contributed by atoms with Crippen LogP contribution in [0.3, 0.4) is 0 Å². The zero-order chi connectivity index (χ0) is 15.5. The number of fused-ring (bicyclic) bond motifs is 1. The molecule has 1 aromatic rings. The van der Waals surface area contributed by atoms with Gasteiger partial charge in [0.15, 0.2) is 0 Å². The second-order valence-corrected chi connectivity index (χ2v) is 7.19. The van der Waals surface area contributed by atoms with Gasteiger partial charge in [-0.2, -0.15) is 0 Å². The fraction of sp³-hybridized carbons (Fsp3) is 0.632. The highest BCUT2D eigenvalue weighted by Gasteiger charge is 2.30. The number of likely N-dealkylation sites (tertiary alicyclic amines) is 1. The van der Waals surface area contributed by atoms with Crippen molar-refractivity contribution < 1.29 is 4.79 Å². The number of amides is 1. The minimum absolute atomic E-state index is 0. The summed E-state index contributed by atoms with van der Waals surface area (Å²) in [6.45, 7) is 3.76. The molecule has 3 unspecified atom stereocenters. The summed E-state index contributed by atoms with van der Waals surface area (Å²) in [7, 11) is 0. The normalized spacial score (nSPS) is 27.0. The van der Waals surface area contributed by atoms with E-state index >= 15 is 0 Å². The Balaban J connectivity index is 0.00000192. The van der Waals surface area contributed by atoms with Gasteiger partial charge >= 0.3 is 0 Å². The Morgan fingerprint density at radius 1 is 1.26 bits per heavy atom. The summed E-state index contributed by atoms with van der Waals surface area (Å²) in [5, 5.41) is 0. The summed E-state index contributed by atoms with van der Waals surface area (Å²) in [5.74, 6) is 1.52. The van der Waals surface area contributed by atoms with Crippen molar-refractivity contribution in [2.75, 3.05) is 13.1 Å². The highest BCUT2D eigenvalue weighted by Crippen LogP contribution is 2.29. The van der Waals surface area contributed by atoms with Gasteiger partial charge < -0.3 is 10.6 Å². The van der Waals surface area contributed by atoms with Gasteiger partial charge in [-0.25, -0.2) is 0 Å². The number of benzene rings is 1. The van der Waals surface area contributed by atoms with Crippen LogP contribution in [0.5, 0.6) is 0 Å². The van der Waals surface area contributed by atoms with E-state index in [0.29, 0.717) is 30.7 Å². The molecule has 1 heterocycles. The largest absolute Gasteiger partial charge is 0.338 e. The van der Waals surface area contributed by atoms with Gasteiger partial charge in [0.2, 0.25) is 5.91 Å². The van der Waals surface area contributed by atoms with Crippen LogP contribution in [0.1, 0.15) is 43.7 Å². The Morgan fingerprint density at radius 3 is 2.74 bits per heavy atom. The Labute approximate surface area is 146 Å². The van der Waals surface area contributed by atoms with Crippen LogP contribution in [0.2, 0.25) is 0 Å². The van der Waals surface area contributed by atoms with E-state index in [4.69, 9.17) is 5.73 Å². The molecule has 3 rings (SSSR count).